The largest absolute Gasteiger partial charge is 0.485 e. The van der Waals surface area contributed by atoms with Crippen LogP contribution in [0.1, 0.15) is 22.3 Å². The maximum Gasteiger partial charge on any atom is 0.475 e. The maximum atomic E-state index is 14.4. The number of rotatable bonds is 20. The lowest BCUT2D eigenvalue weighted by molar-refractivity contribution is -0.148. The first-order chi connectivity index (χ1) is 27.9. The smallest absolute Gasteiger partial charge is 0.475 e. The Morgan fingerprint density at radius 2 is 0.867 bits per heavy atom. The normalized spacial score (nSPS) is 15.8. The summed E-state index contributed by atoms with van der Waals surface area (Å²) in [5, 5.41) is 10.6. The molecular formula is C38H41O17PS4. The number of phosphoric acid groups is 1. The van der Waals surface area contributed by atoms with Gasteiger partial charge in [0, 0.05) is 25.0 Å². The van der Waals surface area contributed by atoms with Gasteiger partial charge >= 0.3 is 13.8 Å². The van der Waals surface area contributed by atoms with E-state index in [4.69, 9.17) is 27.8 Å². The predicted octanol–water partition coefficient (Wildman–Crippen LogP) is 4.09. The van der Waals surface area contributed by atoms with Crippen molar-refractivity contribution in [3.8, 4) is 0 Å². The summed E-state index contributed by atoms with van der Waals surface area (Å²) in [6.07, 6.45) is 0.760. The SMILES string of the molecule is CS(=O)(=O)c1ccc(COC2=C(OCc3ccc(S(C)(=O)=O)cc3)[C@@H]([C@H](CO)OP(=O)(OCc3ccc(S(C)(=O)=O)cc3)OCc3ccc(S(C)(=O)=O)cc3)OC2=O)cc1. The van der Waals surface area contributed by atoms with E-state index in [1.807, 2.05) is 0 Å². The van der Waals surface area contributed by atoms with Crippen molar-refractivity contribution in [3.05, 3.63) is 131 Å². The van der Waals surface area contributed by atoms with Crippen molar-refractivity contribution < 1.29 is 75.9 Å². The number of benzene rings is 4. The number of hydrogen-bond donors (Lipinski definition) is 1. The summed E-state index contributed by atoms with van der Waals surface area (Å²) in [4.78, 5) is 13.5. The molecule has 0 unspecified atom stereocenters. The second-order valence-corrected chi connectivity index (χ2v) is 23.3. The fraction of sp³-hybridized carbons (Fsp3) is 0.289. The first-order valence-corrected chi connectivity index (χ1v) is 26.5. The Morgan fingerprint density at radius 1 is 0.550 bits per heavy atom. The number of sulfone groups is 4. The van der Waals surface area contributed by atoms with Gasteiger partial charge in [0.15, 0.2) is 51.2 Å². The highest BCUT2D eigenvalue weighted by atomic mass is 32.2. The highest BCUT2D eigenvalue weighted by Gasteiger charge is 2.46. The molecule has 0 aliphatic carbocycles. The number of carbonyl (C=O) groups is 1. The summed E-state index contributed by atoms with van der Waals surface area (Å²) < 4.78 is 145. The minimum absolute atomic E-state index is 0.0115. The van der Waals surface area contributed by atoms with E-state index in [9.17, 15) is 48.1 Å². The molecule has 0 radical (unpaired) electrons. The Morgan fingerprint density at radius 3 is 1.18 bits per heavy atom. The van der Waals surface area contributed by atoms with Crippen molar-refractivity contribution in [2.45, 2.75) is 58.2 Å². The Balaban J connectivity index is 1.45. The van der Waals surface area contributed by atoms with Gasteiger partial charge in [-0.2, -0.15) is 0 Å². The standard InChI is InChI=1S/C38H41O17PS4/c1-57(42,43)30-13-5-26(6-14-30)22-50-36-35(54-38(40)37(36)51-23-27-7-15-31(16-8-27)58(2,44)45)34(21-39)55-56(41,52-24-28-9-17-32(18-10-28)59(3,46)47)53-25-29-11-19-33(20-12-29)60(4,48)49/h5-20,34-35,39H,21-25H2,1-4H3/t34-,35+/m0/s1. The molecule has 4 aromatic carbocycles. The van der Waals surface area contributed by atoms with Crippen molar-refractivity contribution in [2.24, 2.45) is 0 Å². The van der Waals surface area contributed by atoms with E-state index in [-0.39, 0.29) is 38.6 Å². The average Bonchev–Trinajstić information content (AvgIpc) is 3.50. The highest BCUT2D eigenvalue weighted by Crippen LogP contribution is 2.53. The lowest BCUT2D eigenvalue weighted by Crippen LogP contribution is -2.35. The summed E-state index contributed by atoms with van der Waals surface area (Å²) in [5.74, 6) is -1.88. The molecule has 0 spiro atoms. The van der Waals surface area contributed by atoms with E-state index in [2.05, 4.69) is 0 Å². The van der Waals surface area contributed by atoms with Crippen LogP contribution in [-0.2, 0) is 103 Å². The Kier molecular flexibility index (Phi) is 14.5. The average molecular weight is 929 g/mol. The molecule has 1 aliphatic heterocycles. The first kappa shape index (κ1) is 46.6. The fourth-order valence-corrected chi connectivity index (χ4v) is 9.22. The van der Waals surface area contributed by atoms with Gasteiger partial charge < -0.3 is 19.3 Å². The molecule has 1 heterocycles. The van der Waals surface area contributed by atoms with E-state index in [1.54, 1.807) is 0 Å². The van der Waals surface area contributed by atoms with Gasteiger partial charge in [0.2, 0.25) is 5.76 Å². The van der Waals surface area contributed by atoms with Gasteiger partial charge in [-0.25, -0.2) is 43.0 Å². The lowest BCUT2D eigenvalue weighted by atomic mass is 10.1. The van der Waals surface area contributed by atoms with Crippen LogP contribution in [-0.4, -0.2) is 88.6 Å². The quantitative estimate of drug-likeness (QED) is 0.0969. The molecule has 0 aromatic heterocycles. The monoisotopic (exact) mass is 928 g/mol. The number of esters is 1. The van der Waals surface area contributed by atoms with Gasteiger partial charge in [-0.15, -0.1) is 0 Å². The van der Waals surface area contributed by atoms with E-state index in [1.165, 1.54) is 97.1 Å². The molecule has 17 nitrogen and oxygen atoms in total. The van der Waals surface area contributed by atoms with Gasteiger partial charge in [0.05, 0.1) is 39.4 Å². The van der Waals surface area contributed by atoms with E-state index in [0.29, 0.717) is 22.3 Å². The number of carbonyl (C=O) groups excluding carboxylic acids is 1. The summed E-state index contributed by atoms with van der Waals surface area (Å²) in [7, 11) is -18.9. The third-order valence-corrected chi connectivity index (χ3v) is 14.6. The molecule has 0 bridgehead atoms. The van der Waals surface area contributed by atoms with Crippen LogP contribution >= 0.6 is 7.82 Å². The van der Waals surface area contributed by atoms with Crippen molar-refractivity contribution in [2.75, 3.05) is 31.6 Å². The molecule has 0 fully saturated rings. The summed E-state index contributed by atoms with van der Waals surface area (Å²) in [5.41, 5.74) is 1.56. The van der Waals surface area contributed by atoms with E-state index in [0.717, 1.165) is 25.0 Å². The lowest BCUT2D eigenvalue weighted by Gasteiger charge is -2.27. The molecule has 5 rings (SSSR count). The number of aliphatic hydroxyl groups excluding tert-OH is 1. The molecule has 4 aromatic rings. The van der Waals surface area contributed by atoms with E-state index >= 15 is 0 Å². The molecule has 60 heavy (non-hydrogen) atoms. The number of hydrogen-bond acceptors (Lipinski definition) is 17. The van der Waals surface area contributed by atoms with Crippen LogP contribution in [0.4, 0.5) is 0 Å². The van der Waals surface area contributed by atoms with Crippen LogP contribution in [0, 0.1) is 0 Å². The van der Waals surface area contributed by atoms with Crippen LogP contribution in [0.3, 0.4) is 0 Å². The molecule has 1 N–H and O–H groups in total. The second kappa shape index (κ2) is 18.7. The van der Waals surface area contributed by atoms with E-state index < -0.39 is 90.9 Å². The van der Waals surface area contributed by atoms with Gasteiger partial charge in [-0.3, -0.25) is 13.6 Å². The zero-order valence-corrected chi connectivity index (χ0v) is 36.6. The Hall–Kier alpha value is -4.44. The third kappa shape index (κ3) is 12.6. The highest BCUT2D eigenvalue weighted by molar-refractivity contribution is 7.91. The molecule has 0 saturated carbocycles. The third-order valence-electron chi connectivity index (χ3n) is 8.65. The van der Waals surface area contributed by atoms with Crippen molar-refractivity contribution in [3.63, 3.8) is 0 Å². The molecule has 22 heteroatoms. The molecular weight excluding hydrogens is 888 g/mol. The number of aliphatic hydroxyl groups is 1. The Bertz CT molecular complexity index is 2630. The second-order valence-electron chi connectivity index (χ2n) is 13.6. The van der Waals surface area contributed by atoms with Gasteiger partial charge in [0.1, 0.15) is 19.3 Å². The zero-order chi connectivity index (χ0) is 44.1. The number of phosphoric ester groups is 1. The van der Waals surface area contributed by atoms with Crippen LogP contribution in [0.15, 0.2) is 128 Å². The van der Waals surface area contributed by atoms with Crippen molar-refractivity contribution in [1.29, 1.82) is 0 Å². The maximum absolute atomic E-state index is 14.4. The van der Waals surface area contributed by atoms with Gasteiger partial charge in [-0.1, -0.05) is 48.5 Å². The van der Waals surface area contributed by atoms with Crippen LogP contribution in [0.5, 0.6) is 0 Å². The summed E-state index contributed by atoms with van der Waals surface area (Å²) >= 11 is 0. The van der Waals surface area contributed by atoms with Gasteiger partial charge in [0.25, 0.3) is 0 Å². The van der Waals surface area contributed by atoms with Crippen molar-refractivity contribution in [1.82, 2.24) is 0 Å². The predicted molar refractivity (Wildman–Crippen MR) is 214 cm³/mol. The topological polar surface area (TPSA) is 246 Å². The number of cyclic esters (lactones) is 1. The first-order valence-electron chi connectivity index (χ1n) is 17.5. The molecule has 1 aliphatic rings. The van der Waals surface area contributed by atoms with Crippen molar-refractivity contribution >= 4 is 53.1 Å². The molecule has 324 valence electrons. The van der Waals surface area contributed by atoms with Crippen LogP contribution in [0.25, 0.3) is 0 Å². The van der Waals surface area contributed by atoms with Gasteiger partial charge in [-0.05, 0) is 70.8 Å². The molecule has 0 saturated heterocycles. The summed E-state index contributed by atoms with van der Waals surface area (Å²) in [6, 6.07) is 22.1. The fourth-order valence-electron chi connectivity index (χ4n) is 5.38. The zero-order valence-electron chi connectivity index (χ0n) is 32.5. The minimum Gasteiger partial charge on any atom is -0.485 e. The Labute approximate surface area is 348 Å². The molecule has 0 amide bonds. The molecule has 2 atom stereocenters. The summed E-state index contributed by atoms with van der Waals surface area (Å²) in [6.45, 7) is -2.49. The minimum atomic E-state index is -4.82. The number of ether oxygens (including phenoxy) is 3. The van der Waals surface area contributed by atoms with Crippen LogP contribution < -0.4 is 0 Å². The van der Waals surface area contributed by atoms with Crippen LogP contribution in [0.2, 0.25) is 0 Å².